The van der Waals surface area contributed by atoms with E-state index in [1.807, 2.05) is 26.0 Å². The Labute approximate surface area is 145 Å². The van der Waals surface area contributed by atoms with Gasteiger partial charge in [-0.05, 0) is 43.7 Å². The number of H-pyrrole nitrogens is 1. The van der Waals surface area contributed by atoms with Gasteiger partial charge in [-0.15, -0.1) is 0 Å². The van der Waals surface area contributed by atoms with Crippen molar-refractivity contribution in [3.05, 3.63) is 48.0 Å². The highest BCUT2D eigenvalue weighted by Gasteiger charge is 2.13. The molecule has 2 aromatic carbocycles. The van der Waals surface area contributed by atoms with E-state index in [-0.39, 0.29) is 17.8 Å². The second-order valence-electron chi connectivity index (χ2n) is 6.05. The van der Waals surface area contributed by atoms with Crippen molar-refractivity contribution < 1.29 is 9.90 Å². The summed E-state index contributed by atoms with van der Waals surface area (Å²) in [5.74, 6) is 0.139. The van der Waals surface area contributed by atoms with E-state index >= 15 is 0 Å². The topological polar surface area (TPSA) is 101 Å². The van der Waals surface area contributed by atoms with E-state index in [4.69, 9.17) is 0 Å². The number of rotatable bonds is 3. The van der Waals surface area contributed by atoms with Crippen molar-refractivity contribution in [2.75, 3.05) is 5.32 Å². The number of urea groups is 1. The van der Waals surface area contributed by atoms with E-state index in [1.54, 1.807) is 30.3 Å². The van der Waals surface area contributed by atoms with Crippen LogP contribution in [0.4, 0.5) is 10.5 Å². The molecule has 1 heterocycles. The highest BCUT2D eigenvalue weighted by atomic mass is 16.3. The Balaban J connectivity index is 1.91. The summed E-state index contributed by atoms with van der Waals surface area (Å²) in [7, 11) is 0. The summed E-state index contributed by atoms with van der Waals surface area (Å²) in [5.41, 5.74) is 3.39. The monoisotopic (exact) mass is 334 g/mol. The molecule has 0 unspecified atom stereocenters. The Morgan fingerprint density at radius 2 is 1.92 bits per heavy atom. The lowest BCUT2D eigenvalue weighted by Gasteiger charge is -2.10. The number of aromatic amines is 1. The zero-order valence-electron chi connectivity index (χ0n) is 13.9. The third-order valence-corrected chi connectivity index (χ3v) is 3.75. The molecular weight excluding hydrogens is 316 g/mol. The highest BCUT2D eigenvalue weighted by molar-refractivity contribution is 5.94. The van der Waals surface area contributed by atoms with Gasteiger partial charge in [0.2, 0.25) is 0 Å². The van der Waals surface area contributed by atoms with Crippen LogP contribution in [0.5, 0.6) is 5.75 Å². The molecule has 0 atom stereocenters. The van der Waals surface area contributed by atoms with E-state index in [1.165, 1.54) is 0 Å². The number of aromatic nitrogens is 1. The molecule has 1 aromatic heterocycles. The van der Waals surface area contributed by atoms with E-state index in [0.717, 1.165) is 10.9 Å². The van der Waals surface area contributed by atoms with E-state index in [0.29, 0.717) is 22.5 Å². The van der Waals surface area contributed by atoms with Crippen molar-refractivity contribution >= 4 is 22.6 Å². The van der Waals surface area contributed by atoms with Crippen LogP contribution in [-0.2, 0) is 0 Å². The first-order valence-corrected chi connectivity index (χ1v) is 7.90. The van der Waals surface area contributed by atoms with Gasteiger partial charge in [0, 0.05) is 23.2 Å². The highest BCUT2D eigenvalue weighted by Crippen LogP contribution is 2.32. The number of benzene rings is 2. The standard InChI is InChI=1S/C19H18N4O2/c1-11(2)21-19(25)22-13-5-3-12(4-6-13)18-16(10-20)15-8-7-14(24)9-17(15)23-18/h3-9,11,23-24H,1-2H3,(H2,21,22,25). The summed E-state index contributed by atoms with van der Waals surface area (Å²) in [6.45, 7) is 3.78. The molecule has 0 saturated carbocycles. The third-order valence-electron chi connectivity index (χ3n) is 3.75. The number of amides is 2. The van der Waals surface area contributed by atoms with Gasteiger partial charge in [-0.3, -0.25) is 0 Å². The lowest BCUT2D eigenvalue weighted by molar-refractivity contribution is 0.250. The van der Waals surface area contributed by atoms with Crippen molar-refractivity contribution in [2.24, 2.45) is 0 Å². The lowest BCUT2D eigenvalue weighted by atomic mass is 10.1. The van der Waals surface area contributed by atoms with Gasteiger partial charge >= 0.3 is 6.03 Å². The third kappa shape index (κ3) is 3.40. The van der Waals surface area contributed by atoms with Gasteiger partial charge in [-0.25, -0.2) is 4.79 Å². The van der Waals surface area contributed by atoms with Gasteiger partial charge in [0.1, 0.15) is 11.8 Å². The average Bonchev–Trinajstić information content (AvgIpc) is 2.92. The number of anilines is 1. The summed E-state index contributed by atoms with van der Waals surface area (Å²) >= 11 is 0. The Kier molecular flexibility index (Phi) is 4.31. The quantitative estimate of drug-likeness (QED) is 0.583. The summed E-state index contributed by atoms with van der Waals surface area (Å²) in [6.07, 6.45) is 0. The summed E-state index contributed by atoms with van der Waals surface area (Å²) in [5, 5.41) is 25.4. The van der Waals surface area contributed by atoms with Gasteiger partial charge in [0.15, 0.2) is 0 Å². The number of nitrogens with one attached hydrogen (secondary N) is 3. The maximum Gasteiger partial charge on any atom is 0.319 e. The van der Waals surface area contributed by atoms with Gasteiger partial charge < -0.3 is 20.7 Å². The minimum Gasteiger partial charge on any atom is -0.508 e. The van der Waals surface area contributed by atoms with Crippen molar-refractivity contribution in [2.45, 2.75) is 19.9 Å². The molecule has 0 saturated heterocycles. The van der Waals surface area contributed by atoms with Crippen molar-refractivity contribution in [1.82, 2.24) is 10.3 Å². The zero-order chi connectivity index (χ0) is 18.0. The van der Waals surface area contributed by atoms with Crippen LogP contribution in [0.3, 0.4) is 0 Å². The SMILES string of the molecule is CC(C)NC(=O)Nc1ccc(-c2[nH]c3cc(O)ccc3c2C#N)cc1. The average molecular weight is 334 g/mol. The van der Waals surface area contributed by atoms with Crippen LogP contribution in [0.15, 0.2) is 42.5 Å². The number of nitriles is 1. The van der Waals surface area contributed by atoms with E-state index < -0.39 is 0 Å². The summed E-state index contributed by atoms with van der Waals surface area (Å²) in [4.78, 5) is 14.9. The normalized spacial score (nSPS) is 10.6. The molecule has 25 heavy (non-hydrogen) atoms. The van der Waals surface area contributed by atoms with Gasteiger partial charge in [0.05, 0.1) is 16.8 Å². The van der Waals surface area contributed by atoms with E-state index in [2.05, 4.69) is 21.7 Å². The molecule has 4 N–H and O–H groups in total. The van der Waals surface area contributed by atoms with Crippen LogP contribution in [-0.4, -0.2) is 22.2 Å². The molecule has 6 heteroatoms. The molecule has 3 rings (SSSR count). The number of aromatic hydroxyl groups is 1. The predicted molar refractivity (Wildman–Crippen MR) is 97.4 cm³/mol. The smallest absolute Gasteiger partial charge is 0.319 e. The first kappa shape index (κ1) is 16.4. The molecule has 0 bridgehead atoms. The molecule has 3 aromatic rings. The van der Waals surface area contributed by atoms with Crippen LogP contribution in [0, 0.1) is 11.3 Å². The molecule has 0 aliphatic carbocycles. The van der Waals surface area contributed by atoms with Gasteiger partial charge in [0.25, 0.3) is 0 Å². The molecular formula is C19H18N4O2. The molecule has 0 radical (unpaired) electrons. The van der Waals surface area contributed by atoms with Gasteiger partial charge in [-0.1, -0.05) is 12.1 Å². The number of carbonyl (C=O) groups excluding carboxylic acids is 1. The molecule has 2 amide bonds. The predicted octanol–water partition coefficient (Wildman–Crippen LogP) is 3.94. The number of fused-ring (bicyclic) bond motifs is 1. The number of phenols is 1. The van der Waals surface area contributed by atoms with Crippen LogP contribution in [0.1, 0.15) is 19.4 Å². The Morgan fingerprint density at radius 3 is 2.56 bits per heavy atom. The first-order chi connectivity index (χ1) is 12.0. The largest absolute Gasteiger partial charge is 0.508 e. The minimum atomic E-state index is -0.262. The first-order valence-electron chi connectivity index (χ1n) is 7.90. The van der Waals surface area contributed by atoms with Crippen LogP contribution < -0.4 is 10.6 Å². The van der Waals surface area contributed by atoms with E-state index in [9.17, 15) is 15.2 Å². The van der Waals surface area contributed by atoms with Gasteiger partial charge in [-0.2, -0.15) is 5.26 Å². The van der Waals surface area contributed by atoms with Crippen molar-refractivity contribution in [3.8, 4) is 23.1 Å². The van der Waals surface area contributed by atoms with Crippen LogP contribution in [0.2, 0.25) is 0 Å². The fraction of sp³-hybridized carbons (Fsp3) is 0.158. The van der Waals surface area contributed by atoms with Crippen molar-refractivity contribution in [3.63, 3.8) is 0 Å². The molecule has 0 fully saturated rings. The Morgan fingerprint density at radius 1 is 1.20 bits per heavy atom. The number of phenolic OH excluding ortho intramolecular Hbond substituents is 1. The fourth-order valence-electron chi connectivity index (χ4n) is 2.67. The van der Waals surface area contributed by atoms with Crippen molar-refractivity contribution in [1.29, 1.82) is 5.26 Å². The second-order valence-corrected chi connectivity index (χ2v) is 6.05. The molecule has 126 valence electrons. The number of hydrogen-bond donors (Lipinski definition) is 4. The van der Waals surface area contributed by atoms with Crippen LogP contribution >= 0.6 is 0 Å². The molecule has 0 spiro atoms. The molecule has 0 aliphatic rings. The summed E-state index contributed by atoms with van der Waals surface area (Å²) in [6, 6.07) is 14.1. The molecule has 0 aliphatic heterocycles. The number of carbonyl (C=O) groups is 1. The second kappa shape index (κ2) is 6.57. The fourth-order valence-corrected chi connectivity index (χ4v) is 2.67. The van der Waals surface area contributed by atoms with Crippen LogP contribution in [0.25, 0.3) is 22.2 Å². The Bertz CT molecular complexity index is 965. The minimum absolute atomic E-state index is 0.0558. The summed E-state index contributed by atoms with van der Waals surface area (Å²) < 4.78 is 0. The number of nitrogens with zero attached hydrogens (tertiary/aromatic N) is 1. The Hall–Kier alpha value is -3.46. The maximum absolute atomic E-state index is 11.7. The maximum atomic E-state index is 11.7. The molecule has 6 nitrogen and oxygen atoms in total. The lowest BCUT2D eigenvalue weighted by Crippen LogP contribution is -2.34. The number of hydrogen-bond acceptors (Lipinski definition) is 3. The zero-order valence-corrected chi connectivity index (χ0v) is 13.9.